The molecule has 1 heterocycles. The summed E-state index contributed by atoms with van der Waals surface area (Å²) >= 11 is 0. The monoisotopic (exact) mass is 183 g/mol. The summed E-state index contributed by atoms with van der Waals surface area (Å²) in [5, 5.41) is 0. The second-order valence-corrected chi connectivity index (χ2v) is 5.35. The van der Waals surface area contributed by atoms with Gasteiger partial charge in [0.05, 0.1) is 13.2 Å². The molecule has 1 saturated carbocycles. The lowest BCUT2D eigenvalue weighted by Gasteiger charge is -2.54. The third kappa shape index (κ3) is 1.31. The van der Waals surface area contributed by atoms with Crippen LogP contribution >= 0.6 is 0 Å². The second-order valence-electron chi connectivity index (χ2n) is 5.35. The largest absolute Gasteiger partial charge is 0.380 e. The number of hydrogen-bond acceptors (Lipinski definition) is 2. The summed E-state index contributed by atoms with van der Waals surface area (Å²) < 4.78 is 5.40. The Bertz CT molecular complexity index is 185. The lowest BCUT2D eigenvalue weighted by atomic mass is 9.61. The normalized spacial score (nSPS) is 28.8. The Morgan fingerprint density at radius 3 is 2.08 bits per heavy atom. The van der Waals surface area contributed by atoms with Gasteiger partial charge in [0, 0.05) is 11.0 Å². The number of nitrogens with two attached hydrogens (primary N) is 1. The molecule has 0 radical (unpaired) electrons. The van der Waals surface area contributed by atoms with Crippen molar-refractivity contribution in [3.63, 3.8) is 0 Å². The molecule has 0 atom stereocenters. The summed E-state index contributed by atoms with van der Waals surface area (Å²) in [6.07, 6.45) is 5.51. The van der Waals surface area contributed by atoms with Gasteiger partial charge in [-0.2, -0.15) is 0 Å². The van der Waals surface area contributed by atoms with Gasteiger partial charge in [-0.25, -0.2) is 0 Å². The van der Waals surface area contributed by atoms with E-state index >= 15 is 0 Å². The van der Waals surface area contributed by atoms with Crippen LogP contribution in [0.5, 0.6) is 0 Å². The van der Waals surface area contributed by atoms with Crippen molar-refractivity contribution >= 4 is 0 Å². The maximum absolute atomic E-state index is 6.28. The van der Waals surface area contributed by atoms with Crippen molar-refractivity contribution in [2.45, 2.75) is 45.1 Å². The first-order valence-corrected chi connectivity index (χ1v) is 5.43. The van der Waals surface area contributed by atoms with E-state index in [1.54, 1.807) is 0 Å². The van der Waals surface area contributed by atoms with Gasteiger partial charge >= 0.3 is 0 Å². The fourth-order valence-corrected chi connectivity index (χ4v) is 2.93. The third-order valence-electron chi connectivity index (χ3n) is 4.14. The Labute approximate surface area is 80.8 Å². The quantitative estimate of drug-likeness (QED) is 0.710. The van der Waals surface area contributed by atoms with Crippen LogP contribution in [0, 0.1) is 11.3 Å². The molecule has 0 spiro atoms. The van der Waals surface area contributed by atoms with Crippen LogP contribution in [0.25, 0.3) is 0 Å². The maximum atomic E-state index is 6.28. The van der Waals surface area contributed by atoms with Crippen LogP contribution in [0.3, 0.4) is 0 Å². The molecule has 13 heavy (non-hydrogen) atoms. The first-order valence-electron chi connectivity index (χ1n) is 5.43. The van der Waals surface area contributed by atoms with Gasteiger partial charge in [0.1, 0.15) is 0 Å². The maximum Gasteiger partial charge on any atom is 0.0565 e. The molecule has 0 aromatic rings. The van der Waals surface area contributed by atoms with E-state index in [0.29, 0.717) is 5.41 Å². The summed E-state index contributed by atoms with van der Waals surface area (Å²) in [5.74, 6) is 0.821. The third-order valence-corrected chi connectivity index (χ3v) is 4.14. The van der Waals surface area contributed by atoms with Crippen LogP contribution in [0.4, 0.5) is 0 Å². The smallest absolute Gasteiger partial charge is 0.0565 e. The van der Waals surface area contributed by atoms with Gasteiger partial charge in [-0.1, -0.05) is 12.8 Å². The Hall–Kier alpha value is -0.0800. The molecule has 2 heteroatoms. The van der Waals surface area contributed by atoms with Gasteiger partial charge in [-0.05, 0) is 32.6 Å². The highest BCUT2D eigenvalue weighted by Crippen LogP contribution is 2.50. The molecular formula is C11H21NO. The van der Waals surface area contributed by atoms with Crippen LogP contribution in [0.15, 0.2) is 0 Å². The van der Waals surface area contributed by atoms with Crippen molar-refractivity contribution in [3.8, 4) is 0 Å². The number of ether oxygens (including phenoxy) is 1. The van der Waals surface area contributed by atoms with Gasteiger partial charge in [-0.3, -0.25) is 0 Å². The molecule has 2 nitrogen and oxygen atoms in total. The molecule has 2 aliphatic rings. The highest BCUT2D eigenvalue weighted by molar-refractivity contribution is 5.05. The van der Waals surface area contributed by atoms with Gasteiger partial charge in [-0.15, -0.1) is 0 Å². The molecule has 2 fully saturated rings. The Balaban J connectivity index is 2.14. The molecule has 0 aromatic heterocycles. The fraction of sp³-hybridized carbons (Fsp3) is 1.00. The van der Waals surface area contributed by atoms with Crippen LogP contribution in [0.2, 0.25) is 0 Å². The van der Waals surface area contributed by atoms with Crippen molar-refractivity contribution in [1.82, 2.24) is 0 Å². The van der Waals surface area contributed by atoms with Crippen molar-refractivity contribution < 1.29 is 4.74 Å². The topological polar surface area (TPSA) is 35.2 Å². The molecule has 2 rings (SSSR count). The molecule has 0 amide bonds. The van der Waals surface area contributed by atoms with E-state index in [0.717, 1.165) is 19.1 Å². The highest BCUT2D eigenvalue weighted by Gasteiger charge is 2.54. The number of rotatable bonds is 2. The zero-order valence-corrected chi connectivity index (χ0v) is 8.81. The molecule has 76 valence electrons. The van der Waals surface area contributed by atoms with Gasteiger partial charge in [0.15, 0.2) is 0 Å². The lowest BCUT2D eigenvalue weighted by Crippen LogP contribution is -2.64. The Morgan fingerprint density at radius 1 is 1.23 bits per heavy atom. The van der Waals surface area contributed by atoms with Gasteiger partial charge in [0.25, 0.3) is 0 Å². The lowest BCUT2D eigenvalue weighted by molar-refractivity contribution is -0.178. The average Bonchev–Trinajstić information content (AvgIpc) is 2.32. The molecule has 1 aliphatic heterocycles. The van der Waals surface area contributed by atoms with E-state index in [1.807, 2.05) is 0 Å². The van der Waals surface area contributed by atoms with E-state index in [4.69, 9.17) is 10.5 Å². The molecule has 1 aliphatic carbocycles. The molecule has 0 aromatic carbocycles. The molecule has 0 bridgehead atoms. The zero-order valence-electron chi connectivity index (χ0n) is 8.81. The summed E-state index contributed by atoms with van der Waals surface area (Å²) in [7, 11) is 0. The molecule has 2 N–H and O–H groups in total. The highest BCUT2D eigenvalue weighted by atomic mass is 16.5. The van der Waals surface area contributed by atoms with E-state index in [2.05, 4.69) is 13.8 Å². The first-order chi connectivity index (χ1) is 6.06. The molecule has 0 unspecified atom stereocenters. The summed E-state index contributed by atoms with van der Waals surface area (Å²) in [4.78, 5) is 0. The predicted octanol–water partition coefficient (Wildman–Crippen LogP) is 1.93. The standard InChI is InChI=1S/C11H21NO/c1-10(2,12)11(7-13-8-11)9-5-3-4-6-9/h9H,3-8,12H2,1-2H3. The minimum absolute atomic E-state index is 0.0692. The predicted molar refractivity (Wildman–Crippen MR) is 53.5 cm³/mol. The van der Waals surface area contributed by atoms with Crippen molar-refractivity contribution in [3.05, 3.63) is 0 Å². The summed E-state index contributed by atoms with van der Waals surface area (Å²) in [6.45, 7) is 6.10. The van der Waals surface area contributed by atoms with E-state index in [9.17, 15) is 0 Å². The Morgan fingerprint density at radius 2 is 1.77 bits per heavy atom. The van der Waals surface area contributed by atoms with Crippen LogP contribution in [0.1, 0.15) is 39.5 Å². The minimum Gasteiger partial charge on any atom is -0.380 e. The van der Waals surface area contributed by atoms with Crippen LogP contribution < -0.4 is 5.73 Å². The summed E-state index contributed by atoms with van der Waals surface area (Å²) in [6, 6.07) is 0. The number of hydrogen-bond donors (Lipinski definition) is 1. The molecular weight excluding hydrogens is 162 g/mol. The van der Waals surface area contributed by atoms with Gasteiger partial charge in [0.2, 0.25) is 0 Å². The fourth-order valence-electron chi connectivity index (χ4n) is 2.93. The van der Waals surface area contributed by atoms with Gasteiger partial charge < -0.3 is 10.5 Å². The van der Waals surface area contributed by atoms with Crippen molar-refractivity contribution in [2.24, 2.45) is 17.1 Å². The van der Waals surface area contributed by atoms with E-state index < -0.39 is 0 Å². The first kappa shape index (κ1) is 9.47. The Kier molecular flexibility index (Phi) is 2.16. The summed E-state index contributed by atoms with van der Waals surface area (Å²) in [5.41, 5.74) is 6.50. The molecule has 1 saturated heterocycles. The SMILES string of the molecule is CC(C)(N)C1(C2CCCC2)COC1. The second kappa shape index (κ2) is 2.96. The van der Waals surface area contributed by atoms with E-state index in [-0.39, 0.29) is 5.54 Å². The van der Waals surface area contributed by atoms with E-state index in [1.165, 1.54) is 25.7 Å². The average molecular weight is 183 g/mol. The van der Waals surface area contributed by atoms with Crippen LogP contribution in [-0.4, -0.2) is 18.8 Å². The van der Waals surface area contributed by atoms with Crippen molar-refractivity contribution in [1.29, 1.82) is 0 Å². The minimum atomic E-state index is -0.0692. The van der Waals surface area contributed by atoms with Crippen LogP contribution in [-0.2, 0) is 4.74 Å². The zero-order chi connectivity index (χ0) is 9.53. The van der Waals surface area contributed by atoms with Crippen molar-refractivity contribution in [2.75, 3.05) is 13.2 Å².